The molecule has 0 fully saturated rings. The van der Waals surface area contributed by atoms with Crippen molar-refractivity contribution in [3.8, 4) is 11.5 Å². The van der Waals surface area contributed by atoms with Crippen molar-refractivity contribution in [2.45, 2.75) is 38.6 Å². The zero-order valence-corrected chi connectivity index (χ0v) is 22.0. The van der Waals surface area contributed by atoms with Crippen LogP contribution in [0.1, 0.15) is 33.9 Å². The first-order valence-electron chi connectivity index (χ1n) is 12.9. The van der Waals surface area contributed by atoms with Crippen LogP contribution in [0.4, 0.5) is 13.2 Å². The summed E-state index contributed by atoms with van der Waals surface area (Å²) in [4.78, 5) is 27.6. The Morgan fingerprint density at radius 3 is 2.20 bits per heavy atom. The fourth-order valence-corrected chi connectivity index (χ4v) is 4.94. The van der Waals surface area contributed by atoms with Crippen LogP contribution in [0.15, 0.2) is 84.9 Å². The molecule has 4 aromatic rings. The highest BCUT2D eigenvalue weighted by molar-refractivity contribution is 5.88. The van der Waals surface area contributed by atoms with E-state index in [-0.39, 0.29) is 25.1 Å². The SMILES string of the molecule is Cc1ccc2c(c1OCc1ccccc1)C[C@@H](C(=O)O)N(C(=O)[C@@H](Oc1c(F)cc(F)cc1F)c1ccccc1)C2. The summed E-state index contributed by atoms with van der Waals surface area (Å²) in [5, 5.41) is 10.2. The summed E-state index contributed by atoms with van der Waals surface area (Å²) in [7, 11) is 0. The number of ether oxygens (including phenoxy) is 2. The monoisotopic (exact) mass is 561 g/mol. The van der Waals surface area contributed by atoms with Crippen LogP contribution in [0.5, 0.6) is 11.5 Å². The van der Waals surface area contributed by atoms with Crippen LogP contribution in [0, 0.1) is 24.4 Å². The number of carboxylic acids is 1. The average Bonchev–Trinajstić information content (AvgIpc) is 2.96. The zero-order valence-electron chi connectivity index (χ0n) is 22.0. The predicted octanol–water partition coefficient (Wildman–Crippen LogP) is 6.15. The first-order valence-corrected chi connectivity index (χ1v) is 12.9. The molecule has 1 aliphatic rings. The number of carboxylic acid groups (broad SMARTS) is 1. The summed E-state index contributed by atoms with van der Waals surface area (Å²) in [6, 6.07) is 20.7. The van der Waals surface area contributed by atoms with Gasteiger partial charge < -0.3 is 19.5 Å². The number of amides is 1. The molecule has 6 nitrogen and oxygen atoms in total. The van der Waals surface area contributed by atoms with Gasteiger partial charge in [0.25, 0.3) is 5.91 Å². The third-order valence-corrected chi connectivity index (χ3v) is 6.99. The van der Waals surface area contributed by atoms with Crippen molar-refractivity contribution in [3.05, 3.63) is 130 Å². The number of carbonyl (C=O) groups excluding carboxylic acids is 1. The number of halogens is 3. The maximum Gasteiger partial charge on any atom is 0.326 e. The Morgan fingerprint density at radius 1 is 0.927 bits per heavy atom. The molecule has 0 radical (unpaired) electrons. The van der Waals surface area contributed by atoms with Gasteiger partial charge in [-0.3, -0.25) is 4.79 Å². The van der Waals surface area contributed by atoms with Gasteiger partial charge >= 0.3 is 5.97 Å². The second-order valence-corrected chi connectivity index (χ2v) is 9.75. The number of aryl methyl sites for hydroxylation is 1. The van der Waals surface area contributed by atoms with Crippen LogP contribution in [0.25, 0.3) is 0 Å². The Bertz CT molecular complexity index is 1560. The van der Waals surface area contributed by atoms with Gasteiger partial charge in [0.15, 0.2) is 17.4 Å². The molecule has 4 aromatic carbocycles. The Morgan fingerprint density at radius 2 is 1.56 bits per heavy atom. The number of fused-ring (bicyclic) bond motifs is 1. The van der Waals surface area contributed by atoms with Crippen molar-refractivity contribution in [2.24, 2.45) is 0 Å². The van der Waals surface area contributed by atoms with Crippen LogP contribution in [0.3, 0.4) is 0 Å². The summed E-state index contributed by atoms with van der Waals surface area (Å²) < 4.78 is 54.3. The van der Waals surface area contributed by atoms with E-state index >= 15 is 0 Å². The third kappa shape index (κ3) is 5.89. The molecule has 0 spiro atoms. The number of rotatable bonds is 8. The smallest absolute Gasteiger partial charge is 0.326 e. The van der Waals surface area contributed by atoms with Crippen LogP contribution < -0.4 is 9.47 Å². The van der Waals surface area contributed by atoms with Crippen molar-refractivity contribution in [1.82, 2.24) is 4.90 Å². The highest BCUT2D eigenvalue weighted by Gasteiger charge is 2.40. The Kier molecular flexibility index (Phi) is 7.96. The molecule has 1 aliphatic heterocycles. The highest BCUT2D eigenvalue weighted by Crippen LogP contribution is 2.37. The van der Waals surface area contributed by atoms with Gasteiger partial charge in [0.2, 0.25) is 6.10 Å². The van der Waals surface area contributed by atoms with Crippen LogP contribution in [-0.4, -0.2) is 27.9 Å². The largest absolute Gasteiger partial charge is 0.488 e. The molecule has 0 aromatic heterocycles. The molecule has 0 bridgehead atoms. The van der Waals surface area contributed by atoms with E-state index in [2.05, 4.69) is 0 Å². The molecular formula is C32H26F3NO5. The summed E-state index contributed by atoms with van der Waals surface area (Å²) in [6.07, 6.45) is -1.66. The molecule has 1 N–H and O–H groups in total. The van der Waals surface area contributed by atoms with Gasteiger partial charge in [-0.15, -0.1) is 0 Å². The van der Waals surface area contributed by atoms with Gasteiger partial charge in [-0.2, -0.15) is 0 Å². The van der Waals surface area contributed by atoms with E-state index in [9.17, 15) is 27.9 Å². The van der Waals surface area contributed by atoms with Gasteiger partial charge in [0, 0.05) is 36.2 Å². The Labute approximate surface area is 234 Å². The lowest BCUT2D eigenvalue weighted by Gasteiger charge is -2.37. The number of benzene rings is 4. The molecule has 41 heavy (non-hydrogen) atoms. The zero-order chi connectivity index (χ0) is 29.1. The third-order valence-electron chi connectivity index (χ3n) is 6.99. The molecule has 210 valence electrons. The van der Waals surface area contributed by atoms with E-state index in [4.69, 9.17) is 9.47 Å². The number of carbonyl (C=O) groups is 2. The molecule has 5 rings (SSSR count). The second kappa shape index (κ2) is 11.8. The summed E-state index contributed by atoms with van der Waals surface area (Å²) >= 11 is 0. The molecule has 0 saturated heterocycles. The van der Waals surface area contributed by atoms with E-state index in [1.165, 1.54) is 12.1 Å². The summed E-state index contributed by atoms with van der Waals surface area (Å²) in [6.45, 7) is 2.03. The number of hydrogen-bond donors (Lipinski definition) is 1. The molecule has 0 saturated carbocycles. The van der Waals surface area contributed by atoms with Crippen LogP contribution >= 0.6 is 0 Å². The predicted molar refractivity (Wildman–Crippen MR) is 144 cm³/mol. The molecule has 0 unspecified atom stereocenters. The van der Waals surface area contributed by atoms with E-state index in [1.54, 1.807) is 24.3 Å². The number of nitrogens with zero attached hydrogens (tertiary/aromatic N) is 1. The second-order valence-electron chi connectivity index (χ2n) is 9.75. The van der Waals surface area contributed by atoms with E-state index in [1.807, 2.05) is 43.3 Å². The number of hydrogen-bond acceptors (Lipinski definition) is 4. The molecule has 1 heterocycles. The summed E-state index contributed by atoms with van der Waals surface area (Å²) in [5.41, 5.74) is 3.35. The minimum Gasteiger partial charge on any atom is -0.488 e. The van der Waals surface area contributed by atoms with Gasteiger partial charge in [-0.05, 0) is 23.6 Å². The van der Waals surface area contributed by atoms with Gasteiger partial charge in [-0.25, -0.2) is 18.0 Å². The van der Waals surface area contributed by atoms with Crippen LogP contribution in [-0.2, 0) is 29.2 Å². The number of aliphatic carboxylic acids is 1. The maximum atomic E-state index is 14.5. The van der Waals surface area contributed by atoms with Crippen molar-refractivity contribution >= 4 is 11.9 Å². The van der Waals surface area contributed by atoms with E-state index in [0.29, 0.717) is 29.0 Å². The average molecular weight is 562 g/mol. The van der Waals surface area contributed by atoms with Crippen molar-refractivity contribution in [1.29, 1.82) is 0 Å². The highest BCUT2D eigenvalue weighted by atomic mass is 19.1. The van der Waals surface area contributed by atoms with Gasteiger partial charge in [0.05, 0.1) is 0 Å². The lowest BCUT2D eigenvalue weighted by Crippen LogP contribution is -2.51. The molecule has 2 atom stereocenters. The van der Waals surface area contributed by atoms with Gasteiger partial charge in [-0.1, -0.05) is 72.8 Å². The minimum absolute atomic E-state index is 0.0526. The quantitative estimate of drug-likeness (QED) is 0.279. The van der Waals surface area contributed by atoms with Crippen molar-refractivity contribution in [2.75, 3.05) is 0 Å². The molecular weight excluding hydrogens is 535 g/mol. The molecule has 1 amide bonds. The first kappa shape index (κ1) is 27.8. The Hall–Kier alpha value is -4.79. The topological polar surface area (TPSA) is 76.1 Å². The lowest BCUT2D eigenvalue weighted by atomic mass is 9.90. The van der Waals surface area contributed by atoms with Gasteiger partial charge in [0.1, 0.15) is 24.2 Å². The first-order chi connectivity index (χ1) is 19.7. The van der Waals surface area contributed by atoms with Crippen molar-refractivity contribution in [3.63, 3.8) is 0 Å². The summed E-state index contributed by atoms with van der Waals surface area (Å²) in [5.74, 6) is -6.26. The molecule has 0 aliphatic carbocycles. The maximum absolute atomic E-state index is 14.5. The fraction of sp³-hybridized carbons (Fsp3) is 0.188. The van der Waals surface area contributed by atoms with Crippen LogP contribution in [0.2, 0.25) is 0 Å². The van der Waals surface area contributed by atoms with Crippen molar-refractivity contribution < 1.29 is 37.3 Å². The Balaban J connectivity index is 1.50. The van der Waals surface area contributed by atoms with E-state index in [0.717, 1.165) is 16.0 Å². The molecule has 9 heteroatoms. The standard InChI is InChI=1S/C32H26F3NO5/c1-19-12-13-22-17-36(27(32(38)39)16-24(22)28(19)40-18-20-8-4-2-5-9-20)31(37)29(21-10-6-3-7-11-21)41-30-25(34)14-23(33)15-26(30)35/h2-15,27,29H,16-18H2,1H3,(H,38,39)/t27-,29-/m0/s1. The normalized spacial score (nSPS) is 15.1. The minimum atomic E-state index is -1.60. The van der Waals surface area contributed by atoms with E-state index < -0.39 is 47.2 Å². The lowest BCUT2D eigenvalue weighted by molar-refractivity contribution is -0.155. The fourth-order valence-electron chi connectivity index (χ4n) is 4.94.